The fraction of sp³-hybridized carbons (Fsp3) is 0.500. The maximum atomic E-state index is 12.7. The van der Waals surface area contributed by atoms with Gasteiger partial charge in [-0.25, -0.2) is 0 Å². The highest BCUT2D eigenvalue weighted by atomic mass is 35.5. The number of likely N-dealkylation sites (tertiary alicyclic amines) is 1. The van der Waals surface area contributed by atoms with Crippen molar-refractivity contribution in [3.8, 4) is 0 Å². The monoisotopic (exact) mass is 364 g/mol. The lowest BCUT2D eigenvalue weighted by Crippen LogP contribution is -2.33. The van der Waals surface area contributed by atoms with Gasteiger partial charge in [0.05, 0.1) is 6.04 Å². The number of aromatic nitrogens is 2. The van der Waals surface area contributed by atoms with Crippen LogP contribution in [0.5, 0.6) is 0 Å². The molecule has 0 saturated carbocycles. The van der Waals surface area contributed by atoms with E-state index in [-0.39, 0.29) is 42.7 Å². The molecule has 3 rings (SSSR count). The second-order valence-corrected chi connectivity index (χ2v) is 6.61. The molecule has 136 valence electrons. The second kappa shape index (κ2) is 8.45. The Morgan fingerprint density at radius 1 is 1.36 bits per heavy atom. The van der Waals surface area contributed by atoms with Gasteiger partial charge in [-0.2, -0.15) is 4.98 Å². The zero-order valence-electron chi connectivity index (χ0n) is 14.6. The predicted octanol–water partition coefficient (Wildman–Crippen LogP) is 3.37. The van der Waals surface area contributed by atoms with E-state index >= 15 is 0 Å². The second-order valence-electron chi connectivity index (χ2n) is 6.61. The summed E-state index contributed by atoms with van der Waals surface area (Å²) < 4.78 is 5.29. The van der Waals surface area contributed by atoms with Crippen LogP contribution < -0.4 is 5.73 Å². The molecule has 1 amide bonds. The third-order valence-corrected chi connectivity index (χ3v) is 4.44. The van der Waals surface area contributed by atoms with Crippen LogP contribution in [0.25, 0.3) is 0 Å². The van der Waals surface area contributed by atoms with Crippen LogP contribution in [0, 0.1) is 0 Å². The molecule has 2 atom stereocenters. The van der Waals surface area contributed by atoms with Crippen molar-refractivity contribution in [2.24, 2.45) is 5.73 Å². The van der Waals surface area contributed by atoms with Crippen molar-refractivity contribution in [1.29, 1.82) is 0 Å². The summed E-state index contributed by atoms with van der Waals surface area (Å²) in [5.74, 6) is 1.45. The zero-order chi connectivity index (χ0) is 17.1. The van der Waals surface area contributed by atoms with E-state index in [1.54, 1.807) is 0 Å². The summed E-state index contributed by atoms with van der Waals surface area (Å²) >= 11 is 0. The molecular weight excluding hydrogens is 340 g/mol. The maximum Gasteiger partial charge on any atom is 0.229 e. The molecule has 1 fully saturated rings. The molecule has 0 spiro atoms. The summed E-state index contributed by atoms with van der Waals surface area (Å²) in [6.07, 6.45) is 2.10. The molecular formula is C18H25ClN4O2. The Balaban J connectivity index is 0.00000225. The number of carbonyl (C=O) groups excluding carboxylic acids is 1. The first kappa shape index (κ1) is 19.4. The first-order valence-corrected chi connectivity index (χ1v) is 8.49. The summed E-state index contributed by atoms with van der Waals surface area (Å²) in [4.78, 5) is 19.0. The lowest BCUT2D eigenvalue weighted by molar-refractivity contribution is -0.132. The third kappa shape index (κ3) is 4.38. The molecule has 1 aromatic heterocycles. The molecule has 1 aliphatic heterocycles. The van der Waals surface area contributed by atoms with Gasteiger partial charge in [0, 0.05) is 24.9 Å². The fourth-order valence-corrected chi connectivity index (χ4v) is 3.07. The molecule has 1 saturated heterocycles. The van der Waals surface area contributed by atoms with Crippen LogP contribution in [-0.2, 0) is 4.79 Å². The number of nitrogens with zero attached hydrogens (tertiary/aromatic N) is 3. The van der Waals surface area contributed by atoms with Gasteiger partial charge in [-0.15, -0.1) is 12.4 Å². The van der Waals surface area contributed by atoms with Crippen molar-refractivity contribution in [3.05, 3.63) is 47.6 Å². The normalized spacial score (nSPS) is 18.2. The maximum absolute atomic E-state index is 12.7. The number of amides is 1. The zero-order valence-corrected chi connectivity index (χ0v) is 15.4. The van der Waals surface area contributed by atoms with Crippen molar-refractivity contribution < 1.29 is 9.32 Å². The number of halogens is 1. The Labute approximate surface area is 154 Å². The average molecular weight is 365 g/mol. The number of carbonyl (C=O) groups is 1. The molecule has 2 unspecified atom stereocenters. The summed E-state index contributed by atoms with van der Waals surface area (Å²) in [6.45, 7) is 4.73. The summed E-state index contributed by atoms with van der Waals surface area (Å²) in [5.41, 5.74) is 7.17. The van der Waals surface area contributed by atoms with E-state index in [0.29, 0.717) is 11.7 Å². The quantitative estimate of drug-likeness (QED) is 0.879. The summed E-state index contributed by atoms with van der Waals surface area (Å²) in [5, 5.41) is 4.08. The van der Waals surface area contributed by atoms with Crippen molar-refractivity contribution in [2.75, 3.05) is 6.54 Å². The van der Waals surface area contributed by atoms with Gasteiger partial charge in [-0.3, -0.25) is 4.79 Å². The van der Waals surface area contributed by atoms with E-state index in [1.165, 1.54) is 0 Å². The lowest BCUT2D eigenvalue weighted by atomic mass is 10.0. The molecule has 1 aliphatic rings. The number of nitrogens with two attached hydrogens (primary N) is 1. The molecule has 0 radical (unpaired) electrons. The Hall–Kier alpha value is -1.92. The van der Waals surface area contributed by atoms with Crippen LogP contribution in [0.3, 0.4) is 0 Å². The van der Waals surface area contributed by atoms with Gasteiger partial charge in [-0.1, -0.05) is 49.3 Å². The highest BCUT2D eigenvalue weighted by Gasteiger charge is 2.34. The van der Waals surface area contributed by atoms with Crippen LogP contribution in [0.1, 0.15) is 68.4 Å². The minimum absolute atomic E-state index is 0. The van der Waals surface area contributed by atoms with Gasteiger partial charge in [0.1, 0.15) is 0 Å². The fourth-order valence-electron chi connectivity index (χ4n) is 3.07. The first-order chi connectivity index (χ1) is 11.6. The van der Waals surface area contributed by atoms with Crippen LogP contribution in [0.15, 0.2) is 34.9 Å². The van der Waals surface area contributed by atoms with E-state index in [2.05, 4.69) is 10.1 Å². The van der Waals surface area contributed by atoms with E-state index in [4.69, 9.17) is 10.3 Å². The molecule has 0 bridgehead atoms. The lowest BCUT2D eigenvalue weighted by Gasteiger charge is -2.24. The number of benzene rings is 1. The van der Waals surface area contributed by atoms with Gasteiger partial charge in [-0.05, 0) is 18.4 Å². The minimum Gasteiger partial charge on any atom is -0.339 e. The molecule has 6 nitrogen and oxygen atoms in total. The topological polar surface area (TPSA) is 85.2 Å². The highest BCUT2D eigenvalue weighted by molar-refractivity contribution is 5.85. The Kier molecular flexibility index (Phi) is 6.56. The Morgan fingerprint density at radius 2 is 2.08 bits per heavy atom. The van der Waals surface area contributed by atoms with Crippen LogP contribution in [0.4, 0.5) is 0 Å². The molecule has 2 aromatic rings. The number of hydrogen-bond acceptors (Lipinski definition) is 5. The molecule has 2 heterocycles. The largest absolute Gasteiger partial charge is 0.339 e. The van der Waals surface area contributed by atoms with Crippen LogP contribution in [0.2, 0.25) is 0 Å². The van der Waals surface area contributed by atoms with Gasteiger partial charge in [0.2, 0.25) is 11.8 Å². The average Bonchev–Trinajstić information content (AvgIpc) is 3.24. The SMILES string of the molecule is CC(C)c1nc(C2CCCN2C(=O)CC(N)c2ccccc2)no1.Cl. The first-order valence-electron chi connectivity index (χ1n) is 8.49. The van der Waals surface area contributed by atoms with Crippen molar-refractivity contribution in [1.82, 2.24) is 15.0 Å². The van der Waals surface area contributed by atoms with Gasteiger partial charge >= 0.3 is 0 Å². The molecule has 1 aromatic carbocycles. The number of hydrogen-bond donors (Lipinski definition) is 1. The Morgan fingerprint density at radius 3 is 2.72 bits per heavy atom. The van der Waals surface area contributed by atoms with E-state index in [1.807, 2.05) is 49.1 Å². The van der Waals surface area contributed by atoms with E-state index in [0.717, 1.165) is 24.9 Å². The standard InChI is InChI=1S/C18H24N4O2.ClH/c1-12(2)18-20-17(21-24-18)15-9-6-10-22(15)16(23)11-14(19)13-7-4-3-5-8-13;/h3-5,7-8,12,14-15H,6,9-11,19H2,1-2H3;1H. The third-order valence-electron chi connectivity index (χ3n) is 4.44. The van der Waals surface area contributed by atoms with Gasteiger partial charge < -0.3 is 15.2 Å². The minimum atomic E-state index is -0.295. The predicted molar refractivity (Wildman–Crippen MR) is 97.3 cm³/mol. The van der Waals surface area contributed by atoms with Crippen molar-refractivity contribution in [2.45, 2.75) is 51.1 Å². The molecule has 0 aliphatic carbocycles. The Bertz CT molecular complexity index is 689. The van der Waals surface area contributed by atoms with E-state index < -0.39 is 0 Å². The van der Waals surface area contributed by atoms with Crippen molar-refractivity contribution in [3.63, 3.8) is 0 Å². The van der Waals surface area contributed by atoms with Crippen LogP contribution >= 0.6 is 12.4 Å². The van der Waals surface area contributed by atoms with E-state index in [9.17, 15) is 4.79 Å². The molecule has 2 N–H and O–H groups in total. The highest BCUT2D eigenvalue weighted by Crippen LogP contribution is 2.32. The molecule has 7 heteroatoms. The molecule has 25 heavy (non-hydrogen) atoms. The smallest absolute Gasteiger partial charge is 0.229 e. The summed E-state index contributed by atoms with van der Waals surface area (Å²) in [7, 11) is 0. The summed E-state index contributed by atoms with van der Waals surface area (Å²) in [6, 6.07) is 9.32. The van der Waals surface area contributed by atoms with Gasteiger partial charge in [0.15, 0.2) is 5.82 Å². The van der Waals surface area contributed by atoms with Crippen LogP contribution in [-0.4, -0.2) is 27.5 Å². The van der Waals surface area contributed by atoms with Gasteiger partial charge in [0.25, 0.3) is 0 Å². The number of rotatable bonds is 5. The van der Waals surface area contributed by atoms with Crippen molar-refractivity contribution >= 4 is 18.3 Å².